The van der Waals surface area contributed by atoms with Gasteiger partial charge in [-0.2, -0.15) is 5.26 Å². The number of rotatable bonds is 5. The van der Waals surface area contributed by atoms with Gasteiger partial charge in [0.1, 0.15) is 6.07 Å². The standard InChI is InChI=1S/C15H18N2/c16-9-13-3-1-2-4-15(13)17-10-14(11-5-6-11)12-7-8-12/h1-4,11-12,14,17H,5-8,10H2. The van der Waals surface area contributed by atoms with E-state index in [0.29, 0.717) is 0 Å². The van der Waals surface area contributed by atoms with E-state index in [4.69, 9.17) is 5.26 Å². The van der Waals surface area contributed by atoms with E-state index >= 15 is 0 Å². The second-order valence-corrected chi connectivity index (χ2v) is 5.38. The Bertz CT molecular complexity index is 426. The first-order valence-electron chi connectivity index (χ1n) is 6.61. The van der Waals surface area contributed by atoms with Crippen molar-refractivity contribution >= 4 is 5.69 Å². The van der Waals surface area contributed by atoms with Crippen LogP contribution in [-0.4, -0.2) is 6.54 Å². The molecule has 2 heteroatoms. The van der Waals surface area contributed by atoms with Crippen LogP contribution in [0.1, 0.15) is 31.2 Å². The summed E-state index contributed by atoms with van der Waals surface area (Å²) < 4.78 is 0. The lowest BCUT2D eigenvalue weighted by atomic mass is 9.97. The van der Waals surface area contributed by atoms with Gasteiger partial charge in [0.2, 0.25) is 0 Å². The average Bonchev–Trinajstić information content (AvgIpc) is 3.23. The smallest absolute Gasteiger partial charge is 0.101 e. The number of nitrogens with one attached hydrogen (secondary N) is 1. The lowest BCUT2D eigenvalue weighted by Crippen LogP contribution is -2.18. The quantitative estimate of drug-likeness (QED) is 0.835. The van der Waals surface area contributed by atoms with Crippen LogP contribution in [0.25, 0.3) is 0 Å². The summed E-state index contributed by atoms with van der Waals surface area (Å²) in [6.45, 7) is 1.05. The second-order valence-electron chi connectivity index (χ2n) is 5.38. The molecule has 0 aromatic heterocycles. The van der Waals surface area contributed by atoms with Gasteiger partial charge in [0, 0.05) is 6.54 Å². The zero-order chi connectivity index (χ0) is 11.7. The van der Waals surface area contributed by atoms with Gasteiger partial charge in [-0.05, 0) is 55.6 Å². The molecule has 0 bridgehead atoms. The third-order valence-electron chi connectivity index (χ3n) is 4.03. The minimum absolute atomic E-state index is 0.762. The number of para-hydroxylation sites is 1. The highest BCUT2D eigenvalue weighted by Gasteiger charge is 2.40. The van der Waals surface area contributed by atoms with E-state index in [0.717, 1.165) is 35.5 Å². The first-order valence-corrected chi connectivity index (χ1v) is 6.61. The van der Waals surface area contributed by atoms with Crippen LogP contribution in [0.15, 0.2) is 24.3 Å². The van der Waals surface area contributed by atoms with Gasteiger partial charge < -0.3 is 5.32 Å². The van der Waals surface area contributed by atoms with Crippen LogP contribution < -0.4 is 5.32 Å². The summed E-state index contributed by atoms with van der Waals surface area (Å²) in [4.78, 5) is 0. The minimum atomic E-state index is 0.762. The van der Waals surface area contributed by atoms with E-state index in [-0.39, 0.29) is 0 Å². The van der Waals surface area contributed by atoms with Gasteiger partial charge in [-0.15, -0.1) is 0 Å². The Morgan fingerprint density at radius 3 is 2.41 bits per heavy atom. The molecular weight excluding hydrogens is 208 g/mol. The third-order valence-corrected chi connectivity index (χ3v) is 4.03. The van der Waals surface area contributed by atoms with Crippen LogP contribution >= 0.6 is 0 Å². The Morgan fingerprint density at radius 2 is 1.82 bits per heavy atom. The van der Waals surface area contributed by atoms with Gasteiger partial charge in [-0.3, -0.25) is 0 Å². The zero-order valence-corrected chi connectivity index (χ0v) is 10.0. The van der Waals surface area contributed by atoms with Crippen molar-refractivity contribution in [3.63, 3.8) is 0 Å². The molecule has 1 aromatic carbocycles. The fourth-order valence-corrected chi connectivity index (χ4v) is 2.73. The highest BCUT2D eigenvalue weighted by atomic mass is 14.9. The number of benzene rings is 1. The lowest BCUT2D eigenvalue weighted by Gasteiger charge is -2.17. The predicted octanol–water partition coefficient (Wildman–Crippen LogP) is 3.41. The fourth-order valence-electron chi connectivity index (χ4n) is 2.73. The molecule has 0 atom stereocenters. The van der Waals surface area contributed by atoms with E-state index in [2.05, 4.69) is 11.4 Å². The van der Waals surface area contributed by atoms with Crippen LogP contribution in [-0.2, 0) is 0 Å². The van der Waals surface area contributed by atoms with E-state index in [1.54, 1.807) is 0 Å². The molecule has 0 heterocycles. The summed E-state index contributed by atoms with van der Waals surface area (Å²) in [6.07, 6.45) is 5.68. The molecule has 88 valence electrons. The van der Waals surface area contributed by atoms with Gasteiger partial charge in [-0.1, -0.05) is 12.1 Å². The molecule has 0 aliphatic heterocycles. The molecule has 0 radical (unpaired) electrons. The van der Waals surface area contributed by atoms with Crippen molar-refractivity contribution in [2.24, 2.45) is 17.8 Å². The minimum Gasteiger partial charge on any atom is -0.384 e. The molecule has 2 aliphatic rings. The number of hydrogen-bond acceptors (Lipinski definition) is 2. The number of nitrogens with zero attached hydrogens (tertiary/aromatic N) is 1. The van der Waals surface area contributed by atoms with Crippen LogP contribution in [0.2, 0.25) is 0 Å². The summed E-state index contributed by atoms with van der Waals surface area (Å²) in [5, 5.41) is 12.5. The molecule has 2 saturated carbocycles. The van der Waals surface area contributed by atoms with Crippen LogP contribution in [0, 0.1) is 29.1 Å². The van der Waals surface area contributed by atoms with E-state index in [9.17, 15) is 0 Å². The van der Waals surface area contributed by atoms with Crippen molar-refractivity contribution in [1.29, 1.82) is 5.26 Å². The highest BCUT2D eigenvalue weighted by molar-refractivity contribution is 5.57. The van der Waals surface area contributed by atoms with Gasteiger partial charge >= 0.3 is 0 Å². The molecule has 0 saturated heterocycles. The van der Waals surface area contributed by atoms with Crippen molar-refractivity contribution in [3.8, 4) is 6.07 Å². The maximum absolute atomic E-state index is 9.04. The molecule has 3 rings (SSSR count). The Hall–Kier alpha value is -1.49. The number of nitriles is 1. The van der Waals surface area contributed by atoms with Crippen molar-refractivity contribution in [1.82, 2.24) is 0 Å². The topological polar surface area (TPSA) is 35.8 Å². The molecule has 1 aromatic rings. The largest absolute Gasteiger partial charge is 0.384 e. The second kappa shape index (κ2) is 4.41. The lowest BCUT2D eigenvalue weighted by molar-refractivity contribution is 0.428. The summed E-state index contributed by atoms with van der Waals surface area (Å²) in [5.74, 6) is 2.77. The van der Waals surface area contributed by atoms with Crippen molar-refractivity contribution in [2.45, 2.75) is 25.7 Å². The Morgan fingerprint density at radius 1 is 1.18 bits per heavy atom. The summed E-state index contributed by atoms with van der Waals surface area (Å²) in [6, 6.07) is 10.0. The van der Waals surface area contributed by atoms with Crippen LogP contribution in [0.4, 0.5) is 5.69 Å². The van der Waals surface area contributed by atoms with Gasteiger partial charge in [0.05, 0.1) is 11.3 Å². The Kier molecular flexibility index (Phi) is 2.76. The number of anilines is 1. The van der Waals surface area contributed by atoms with Crippen LogP contribution in [0.3, 0.4) is 0 Å². The maximum atomic E-state index is 9.04. The summed E-state index contributed by atoms with van der Waals surface area (Å²) in [5.41, 5.74) is 1.76. The molecule has 0 unspecified atom stereocenters. The molecule has 2 aliphatic carbocycles. The normalized spacial score (nSPS) is 19.1. The maximum Gasteiger partial charge on any atom is 0.101 e. The van der Waals surface area contributed by atoms with E-state index in [1.165, 1.54) is 25.7 Å². The molecule has 1 N–H and O–H groups in total. The first kappa shape index (κ1) is 10.7. The average molecular weight is 226 g/mol. The summed E-state index contributed by atoms with van der Waals surface area (Å²) >= 11 is 0. The van der Waals surface area contributed by atoms with Crippen molar-refractivity contribution < 1.29 is 0 Å². The molecule has 0 spiro atoms. The fraction of sp³-hybridized carbons (Fsp3) is 0.533. The zero-order valence-electron chi connectivity index (χ0n) is 10.0. The molecule has 2 fully saturated rings. The highest BCUT2D eigenvalue weighted by Crippen LogP contribution is 2.49. The monoisotopic (exact) mass is 226 g/mol. The van der Waals surface area contributed by atoms with Gasteiger partial charge in [0.25, 0.3) is 0 Å². The molecule has 2 nitrogen and oxygen atoms in total. The Balaban J connectivity index is 1.64. The van der Waals surface area contributed by atoms with Crippen LogP contribution in [0.5, 0.6) is 0 Å². The molecule has 0 amide bonds. The van der Waals surface area contributed by atoms with E-state index < -0.39 is 0 Å². The molecule has 17 heavy (non-hydrogen) atoms. The SMILES string of the molecule is N#Cc1ccccc1NCC(C1CC1)C1CC1. The third kappa shape index (κ3) is 2.44. The van der Waals surface area contributed by atoms with Crippen molar-refractivity contribution in [3.05, 3.63) is 29.8 Å². The van der Waals surface area contributed by atoms with Crippen molar-refractivity contribution in [2.75, 3.05) is 11.9 Å². The first-order chi connectivity index (χ1) is 8.38. The predicted molar refractivity (Wildman–Crippen MR) is 68.6 cm³/mol. The number of hydrogen-bond donors (Lipinski definition) is 1. The van der Waals surface area contributed by atoms with Gasteiger partial charge in [-0.25, -0.2) is 0 Å². The Labute approximate surface area is 103 Å². The summed E-state index contributed by atoms with van der Waals surface area (Å²) in [7, 11) is 0. The van der Waals surface area contributed by atoms with E-state index in [1.807, 2.05) is 24.3 Å². The molecular formula is C15H18N2. The van der Waals surface area contributed by atoms with Gasteiger partial charge in [0.15, 0.2) is 0 Å².